The Morgan fingerprint density at radius 2 is 1.97 bits per heavy atom. The SMILES string of the molecule is Cc1nnsc1C(=O)Nc1cccc(-c2csc(-c3nc4ccccc4[nH]3)c2)c1. The average molecular weight is 418 g/mol. The van der Waals surface area contributed by atoms with Crippen LogP contribution in [-0.4, -0.2) is 25.5 Å². The van der Waals surface area contributed by atoms with Crippen LogP contribution in [0.15, 0.2) is 60.0 Å². The van der Waals surface area contributed by atoms with Crippen LogP contribution in [0, 0.1) is 6.92 Å². The summed E-state index contributed by atoms with van der Waals surface area (Å²) in [6.07, 6.45) is 0. The van der Waals surface area contributed by atoms with Gasteiger partial charge in [0.1, 0.15) is 10.7 Å². The molecule has 0 bridgehead atoms. The number of benzene rings is 2. The van der Waals surface area contributed by atoms with Gasteiger partial charge >= 0.3 is 0 Å². The predicted molar refractivity (Wildman–Crippen MR) is 117 cm³/mol. The van der Waals surface area contributed by atoms with E-state index in [9.17, 15) is 4.79 Å². The zero-order valence-corrected chi connectivity index (χ0v) is 17.0. The van der Waals surface area contributed by atoms with Gasteiger partial charge in [0.15, 0.2) is 0 Å². The van der Waals surface area contributed by atoms with E-state index in [0.29, 0.717) is 10.6 Å². The molecule has 8 heteroatoms. The van der Waals surface area contributed by atoms with Gasteiger partial charge in [0.05, 0.1) is 21.6 Å². The Balaban J connectivity index is 1.41. The van der Waals surface area contributed by atoms with Gasteiger partial charge in [0.25, 0.3) is 5.91 Å². The van der Waals surface area contributed by atoms with E-state index < -0.39 is 0 Å². The van der Waals surface area contributed by atoms with E-state index in [-0.39, 0.29) is 5.91 Å². The molecule has 0 atom stereocenters. The molecule has 0 saturated carbocycles. The first-order valence-electron chi connectivity index (χ1n) is 8.92. The Morgan fingerprint density at radius 3 is 2.79 bits per heavy atom. The summed E-state index contributed by atoms with van der Waals surface area (Å²) < 4.78 is 3.82. The number of carbonyl (C=O) groups is 1. The van der Waals surface area contributed by atoms with Gasteiger partial charge in [0, 0.05) is 5.69 Å². The van der Waals surface area contributed by atoms with Crippen molar-refractivity contribution in [3.8, 4) is 21.8 Å². The molecular formula is C21H15N5OS2. The van der Waals surface area contributed by atoms with Crippen LogP contribution in [0.2, 0.25) is 0 Å². The molecule has 0 aliphatic heterocycles. The minimum absolute atomic E-state index is 0.192. The minimum Gasteiger partial charge on any atom is -0.337 e. The van der Waals surface area contributed by atoms with Crippen molar-refractivity contribution in [1.29, 1.82) is 0 Å². The molecule has 3 heterocycles. The summed E-state index contributed by atoms with van der Waals surface area (Å²) >= 11 is 2.73. The second kappa shape index (κ2) is 7.23. The molecule has 5 aromatic rings. The lowest BCUT2D eigenvalue weighted by Gasteiger charge is -2.06. The summed E-state index contributed by atoms with van der Waals surface area (Å²) in [5.41, 5.74) is 5.46. The third-order valence-electron chi connectivity index (χ3n) is 4.53. The topological polar surface area (TPSA) is 83.6 Å². The second-order valence-corrected chi connectivity index (χ2v) is 8.19. The van der Waals surface area contributed by atoms with Gasteiger partial charge in [-0.15, -0.1) is 16.4 Å². The van der Waals surface area contributed by atoms with Gasteiger partial charge < -0.3 is 10.3 Å². The number of aromatic nitrogens is 4. The molecular weight excluding hydrogens is 402 g/mol. The van der Waals surface area contributed by atoms with Gasteiger partial charge in [-0.25, -0.2) is 4.98 Å². The van der Waals surface area contributed by atoms with Gasteiger partial charge in [-0.05, 0) is 65.3 Å². The number of aryl methyl sites for hydroxylation is 1. The molecule has 0 unspecified atom stereocenters. The number of hydrogen-bond acceptors (Lipinski definition) is 6. The maximum absolute atomic E-state index is 12.4. The van der Waals surface area contributed by atoms with Crippen LogP contribution in [0.25, 0.3) is 32.9 Å². The number of carbonyl (C=O) groups excluding carboxylic acids is 1. The largest absolute Gasteiger partial charge is 0.337 e. The number of thiophene rings is 1. The number of H-pyrrole nitrogens is 1. The summed E-state index contributed by atoms with van der Waals surface area (Å²) in [4.78, 5) is 22.1. The highest BCUT2D eigenvalue weighted by atomic mass is 32.1. The Kier molecular flexibility index (Phi) is 4.42. The van der Waals surface area contributed by atoms with E-state index in [1.165, 1.54) is 0 Å². The lowest BCUT2D eigenvalue weighted by atomic mass is 10.1. The standard InChI is InChI=1S/C21H15N5OS2/c1-12-19(29-26-25-12)21(27)22-15-6-4-5-13(9-15)14-10-18(28-11-14)20-23-16-7-2-3-8-17(16)24-20/h2-11H,1H3,(H,22,27)(H,23,24). The number of nitrogens with one attached hydrogen (secondary N) is 2. The quantitative estimate of drug-likeness (QED) is 0.412. The monoisotopic (exact) mass is 417 g/mol. The zero-order chi connectivity index (χ0) is 19.8. The fourth-order valence-electron chi connectivity index (χ4n) is 3.09. The van der Waals surface area contributed by atoms with Crippen LogP contribution in [0.3, 0.4) is 0 Å². The number of amides is 1. The molecule has 6 nitrogen and oxygen atoms in total. The first kappa shape index (κ1) is 17.7. The zero-order valence-electron chi connectivity index (χ0n) is 15.3. The highest BCUT2D eigenvalue weighted by Crippen LogP contribution is 2.33. The lowest BCUT2D eigenvalue weighted by Crippen LogP contribution is -2.11. The third kappa shape index (κ3) is 3.43. The Labute approximate surface area is 174 Å². The van der Waals surface area contributed by atoms with Crippen LogP contribution in [0.4, 0.5) is 5.69 Å². The van der Waals surface area contributed by atoms with Crippen molar-refractivity contribution in [1.82, 2.24) is 19.6 Å². The summed E-state index contributed by atoms with van der Waals surface area (Å²) in [6, 6.07) is 17.9. The van der Waals surface area contributed by atoms with Gasteiger partial charge in [0.2, 0.25) is 0 Å². The molecule has 2 N–H and O–H groups in total. The van der Waals surface area contributed by atoms with Crippen molar-refractivity contribution < 1.29 is 4.79 Å². The minimum atomic E-state index is -0.192. The molecule has 5 rings (SSSR count). The van der Waals surface area contributed by atoms with Crippen molar-refractivity contribution in [3.63, 3.8) is 0 Å². The molecule has 2 aromatic carbocycles. The van der Waals surface area contributed by atoms with Gasteiger partial charge in [-0.1, -0.05) is 28.8 Å². The third-order valence-corrected chi connectivity index (χ3v) is 6.30. The number of rotatable bonds is 4. The molecule has 3 aromatic heterocycles. The summed E-state index contributed by atoms with van der Waals surface area (Å²) in [5.74, 6) is 0.669. The van der Waals surface area contributed by atoms with E-state index in [4.69, 9.17) is 0 Å². The Morgan fingerprint density at radius 1 is 1.07 bits per heavy atom. The van der Waals surface area contributed by atoms with Crippen molar-refractivity contribution >= 4 is 45.5 Å². The predicted octanol–water partition coefficient (Wildman–Crippen LogP) is 5.37. The fourth-order valence-corrected chi connectivity index (χ4v) is 4.50. The molecule has 142 valence electrons. The summed E-state index contributed by atoms with van der Waals surface area (Å²) in [5, 5.41) is 8.92. The van der Waals surface area contributed by atoms with Crippen LogP contribution < -0.4 is 5.32 Å². The summed E-state index contributed by atoms with van der Waals surface area (Å²) in [7, 11) is 0. The van der Waals surface area contributed by atoms with Crippen LogP contribution in [-0.2, 0) is 0 Å². The van der Waals surface area contributed by atoms with E-state index in [0.717, 1.165) is 50.1 Å². The fraction of sp³-hybridized carbons (Fsp3) is 0.0476. The Hall–Kier alpha value is -3.36. The van der Waals surface area contributed by atoms with Crippen LogP contribution >= 0.6 is 22.9 Å². The maximum Gasteiger partial charge on any atom is 0.269 e. The van der Waals surface area contributed by atoms with Crippen LogP contribution in [0.1, 0.15) is 15.4 Å². The highest BCUT2D eigenvalue weighted by molar-refractivity contribution is 7.14. The number of hydrogen-bond donors (Lipinski definition) is 2. The Bertz CT molecular complexity index is 1300. The lowest BCUT2D eigenvalue weighted by molar-refractivity contribution is 0.103. The number of fused-ring (bicyclic) bond motifs is 1. The second-order valence-electron chi connectivity index (χ2n) is 6.52. The normalized spacial score (nSPS) is 11.1. The molecule has 0 aliphatic rings. The highest BCUT2D eigenvalue weighted by Gasteiger charge is 2.14. The first-order chi connectivity index (χ1) is 14.2. The number of para-hydroxylation sites is 2. The van der Waals surface area contributed by atoms with Crippen molar-refractivity contribution in [2.24, 2.45) is 0 Å². The number of aromatic amines is 1. The molecule has 0 aliphatic carbocycles. The van der Waals surface area contributed by atoms with E-state index >= 15 is 0 Å². The van der Waals surface area contributed by atoms with Crippen molar-refractivity contribution in [2.45, 2.75) is 6.92 Å². The molecule has 0 radical (unpaired) electrons. The van der Waals surface area contributed by atoms with Gasteiger partial charge in [-0.2, -0.15) is 0 Å². The molecule has 29 heavy (non-hydrogen) atoms. The molecule has 0 spiro atoms. The van der Waals surface area contributed by atoms with E-state index in [2.05, 4.69) is 36.3 Å². The smallest absolute Gasteiger partial charge is 0.269 e. The van der Waals surface area contributed by atoms with Gasteiger partial charge in [-0.3, -0.25) is 4.79 Å². The van der Waals surface area contributed by atoms with Crippen molar-refractivity contribution in [2.75, 3.05) is 5.32 Å². The average Bonchev–Trinajstić information content (AvgIpc) is 3.46. The first-order valence-corrected chi connectivity index (χ1v) is 10.6. The molecule has 1 amide bonds. The van der Waals surface area contributed by atoms with E-state index in [1.807, 2.05) is 48.5 Å². The van der Waals surface area contributed by atoms with Crippen molar-refractivity contribution in [3.05, 3.63) is 70.5 Å². The van der Waals surface area contributed by atoms with E-state index in [1.54, 1.807) is 18.3 Å². The van der Waals surface area contributed by atoms with Crippen LogP contribution in [0.5, 0.6) is 0 Å². The summed E-state index contributed by atoms with van der Waals surface area (Å²) in [6.45, 7) is 1.78. The molecule has 0 saturated heterocycles. The number of nitrogens with zero attached hydrogens (tertiary/aromatic N) is 3. The number of imidazole rings is 1. The number of anilines is 1. The maximum atomic E-state index is 12.4. The molecule has 0 fully saturated rings.